The molecule has 1 aliphatic carbocycles. The molecule has 0 saturated heterocycles. The third-order valence-corrected chi connectivity index (χ3v) is 6.54. The van der Waals surface area contributed by atoms with E-state index in [1.54, 1.807) is 11.8 Å². The first kappa shape index (κ1) is 17.0. The molecule has 0 unspecified atom stereocenters. The molecule has 1 aromatic carbocycles. The molecule has 2 heterocycles. The normalized spacial score (nSPS) is 21.5. The molecule has 1 aliphatic heterocycles. The summed E-state index contributed by atoms with van der Waals surface area (Å²) < 4.78 is 2.05. The lowest BCUT2D eigenvalue weighted by Crippen LogP contribution is -2.13. The Bertz CT molecular complexity index is 845. The summed E-state index contributed by atoms with van der Waals surface area (Å²) in [6, 6.07) is 8.13. The lowest BCUT2D eigenvalue weighted by Gasteiger charge is -2.23. The Kier molecular flexibility index (Phi) is 4.78. The van der Waals surface area contributed by atoms with Gasteiger partial charge in [0, 0.05) is 5.02 Å². The molecule has 1 fully saturated rings. The van der Waals surface area contributed by atoms with Gasteiger partial charge < -0.3 is 0 Å². The Hall–Kier alpha value is -1.46. The van der Waals surface area contributed by atoms with Gasteiger partial charge in [-0.25, -0.2) is 4.99 Å². The fourth-order valence-electron chi connectivity index (χ4n) is 3.86. The van der Waals surface area contributed by atoms with E-state index in [2.05, 4.69) is 9.78 Å². The fraction of sp³-hybridized carbons (Fsp3) is 0.474. The van der Waals surface area contributed by atoms with E-state index < -0.39 is 0 Å². The van der Waals surface area contributed by atoms with Crippen molar-refractivity contribution in [3.8, 4) is 0 Å². The quantitative estimate of drug-likeness (QED) is 0.693. The van der Waals surface area contributed by atoms with Gasteiger partial charge in [-0.15, -0.1) is 0 Å². The van der Waals surface area contributed by atoms with Crippen LogP contribution in [0.2, 0.25) is 5.02 Å². The first-order valence-electron chi connectivity index (χ1n) is 8.95. The van der Waals surface area contributed by atoms with Gasteiger partial charge in [0.25, 0.3) is 5.56 Å². The number of aromatic amines is 1. The Balaban J connectivity index is 1.79. The van der Waals surface area contributed by atoms with Gasteiger partial charge in [-0.2, -0.15) is 0 Å². The summed E-state index contributed by atoms with van der Waals surface area (Å²) in [5.74, 6) is 0.827. The van der Waals surface area contributed by atoms with Crippen molar-refractivity contribution in [2.45, 2.75) is 56.7 Å². The van der Waals surface area contributed by atoms with E-state index in [4.69, 9.17) is 16.6 Å². The fourth-order valence-corrected chi connectivity index (χ4v) is 5.09. The summed E-state index contributed by atoms with van der Waals surface area (Å²) in [5, 5.41) is 4.77. The molecule has 0 radical (unpaired) electrons. The van der Waals surface area contributed by atoms with E-state index in [9.17, 15) is 4.79 Å². The second kappa shape index (κ2) is 7.04. The molecular formula is C19H22ClN3OS. The highest BCUT2D eigenvalue weighted by atomic mass is 35.5. The average Bonchev–Trinajstić information content (AvgIpc) is 2.78. The van der Waals surface area contributed by atoms with Crippen molar-refractivity contribution < 1.29 is 0 Å². The predicted octanol–water partition coefficient (Wildman–Crippen LogP) is 5.61. The first-order valence-corrected chi connectivity index (χ1v) is 10.2. The molecule has 0 spiro atoms. The highest BCUT2D eigenvalue weighted by molar-refractivity contribution is 8.14. The van der Waals surface area contributed by atoms with Crippen LogP contribution in [0.5, 0.6) is 0 Å². The highest BCUT2D eigenvalue weighted by Crippen LogP contribution is 2.45. The molecule has 4 nitrogen and oxygen atoms in total. The van der Waals surface area contributed by atoms with Crippen LogP contribution >= 0.6 is 23.4 Å². The average molecular weight is 376 g/mol. The van der Waals surface area contributed by atoms with Gasteiger partial charge in [0.2, 0.25) is 0 Å². The number of halogens is 1. The minimum Gasteiger partial charge on any atom is -0.268 e. The molecule has 2 aromatic rings. The maximum atomic E-state index is 12.8. The Morgan fingerprint density at radius 3 is 2.52 bits per heavy atom. The van der Waals surface area contributed by atoms with Gasteiger partial charge in [-0.05, 0) is 37.5 Å². The van der Waals surface area contributed by atoms with Crippen molar-refractivity contribution in [2.24, 2.45) is 4.99 Å². The van der Waals surface area contributed by atoms with E-state index >= 15 is 0 Å². The van der Waals surface area contributed by atoms with Crippen molar-refractivity contribution in [3.05, 3.63) is 50.8 Å². The van der Waals surface area contributed by atoms with Crippen LogP contribution in [-0.4, -0.2) is 14.8 Å². The van der Waals surface area contributed by atoms with Crippen LogP contribution in [0.4, 0.5) is 5.82 Å². The smallest absolute Gasteiger partial charge is 0.268 e. The number of H-pyrrole nitrogens is 1. The molecule has 0 amide bonds. The number of hydrogen-bond donors (Lipinski definition) is 1. The van der Waals surface area contributed by atoms with E-state index in [0.29, 0.717) is 11.1 Å². The number of fused-ring (bicyclic) bond motifs is 1. The number of aromatic nitrogens is 2. The lowest BCUT2D eigenvalue weighted by molar-refractivity contribution is 0.407. The number of rotatable bonds is 2. The van der Waals surface area contributed by atoms with Gasteiger partial charge in [0.15, 0.2) is 5.82 Å². The van der Waals surface area contributed by atoms with Crippen LogP contribution in [0.1, 0.15) is 67.9 Å². The van der Waals surface area contributed by atoms with Gasteiger partial charge in [0.05, 0.1) is 21.9 Å². The van der Waals surface area contributed by atoms with Crippen LogP contribution in [0.25, 0.3) is 0 Å². The van der Waals surface area contributed by atoms with Gasteiger partial charge >= 0.3 is 0 Å². The number of nitrogens with one attached hydrogen (secondary N) is 1. The summed E-state index contributed by atoms with van der Waals surface area (Å²) in [4.78, 5) is 17.5. The number of thioether (sulfide) groups is 1. The molecule has 1 N–H and O–H groups in total. The van der Waals surface area contributed by atoms with Gasteiger partial charge in [0.1, 0.15) is 0 Å². The predicted molar refractivity (Wildman–Crippen MR) is 105 cm³/mol. The molecule has 25 heavy (non-hydrogen) atoms. The molecule has 1 saturated carbocycles. The van der Waals surface area contributed by atoms with Crippen molar-refractivity contribution in [1.82, 2.24) is 9.78 Å². The number of nitrogens with zero attached hydrogens (tertiary/aromatic N) is 2. The number of benzene rings is 1. The topological polar surface area (TPSA) is 50.1 Å². The minimum absolute atomic E-state index is 0.0112. The molecule has 6 heteroatoms. The molecule has 132 valence electrons. The third kappa shape index (κ3) is 3.32. The first-order chi connectivity index (χ1) is 12.1. The van der Waals surface area contributed by atoms with Gasteiger partial charge in [-0.1, -0.05) is 61.2 Å². The van der Waals surface area contributed by atoms with Crippen LogP contribution in [-0.2, 0) is 0 Å². The van der Waals surface area contributed by atoms with Crippen molar-refractivity contribution in [2.75, 3.05) is 0 Å². The maximum absolute atomic E-state index is 12.8. The van der Waals surface area contributed by atoms with Gasteiger partial charge in [-0.3, -0.25) is 14.6 Å². The summed E-state index contributed by atoms with van der Waals surface area (Å²) >= 11 is 7.67. The number of aliphatic imine (C=N–C) groups is 1. The monoisotopic (exact) mass is 375 g/mol. The Morgan fingerprint density at radius 1 is 1.16 bits per heavy atom. The minimum atomic E-state index is -0.0273. The summed E-state index contributed by atoms with van der Waals surface area (Å²) in [5.41, 5.74) is 1.86. The van der Waals surface area contributed by atoms with Crippen molar-refractivity contribution in [3.63, 3.8) is 0 Å². The lowest BCUT2D eigenvalue weighted by atomic mass is 10.1. The molecule has 1 aromatic heterocycles. The zero-order valence-electron chi connectivity index (χ0n) is 14.3. The standard InChI is InChI=1S/C19H22ClN3OS/c1-12-21-18-16(17(25-12)13-8-10-14(20)11-9-13)19(24)22-23(18)15-6-4-2-3-5-7-15/h8-11,15,17H,2-7H2,1H3,(H,22,24)/t17-/m0/s1. The second-order valence-electron chi connectivity index (χ2n) is 6.87. The molecular weight excluding hydrogens is 354 g/mol. The zero-order valence-corrected chi connectivity index (χ0v) is 15.9. The van der Waals surface area contributed by atoms with E-state index in [1.165, 1.54) is 25.7 Å². The molecule has 1 atom stereocenters. The Morgan fingerprint density at radius 2 is 1.84 bits per heavy atom. The molecule has 0 bridgehead atoms. The zero-order chi connectivity index (χ0) is 17.4. The summed E-state index contributed by atoms with van der Waals surface area (Å²) in [6.07, 6.45) is 7.25. The van der Waals surface area contributed by atoms with Crippen molar-refractivity contribution >= 4 is 34.2 Å². The van der Waals surface area contributed by atoms with Crippen LogP contribution in [0.3, 0.4) is 0 Å². The van der Waals surface area contributed by atoms with Crippen LogP contribution < -0.4 is 5.56 Å². The van der Waals surface area contributed by atoms with E-state index in [1.807, 2.05) is 31.2 Å². The maximum Gasteiger partial charge on any atom is 0.271 e. The van der Waals surface area contributed by atoms with Crippen LogP contribution in [0.15, 0.2) is 34.1 Å². The SMILES string of the molecule is CC1=Nc2c(c(=O)[nH]n2C2CCCCCC2)[C@H](c2ccc(Cl)cc2)S1. The van der Waals surface area contributed by atoms with E-state index in [-0.39, 0.29) is 10.8 Å². The van der Waals surface area contributed by atoms with Crippen LogP contribution in [0, 0.1) is 0 Å². The number of hydrogen-bond acceptors (Lipinski definition) is 3. The largest absolute Gasteiger partial charge is 0.271 e. The molecule has 4 rings (SSSR count). The van der Waals surface area contributed by atoms with Crippen molar-refractivity contribution in [1.29, 1.82) is 0 Å². The Labute approximate surface area is 156 Å². The summed E-state index contributed by atoms with van der Waals surface area (Å²) in [7, 11) is 0. The molecule has 2 aliphatic rings. The third-order valence-electron chi connectivity index (χ3n) is 5.11. The summed E-state index contributed by atoms with van der Waals surface area (Å²) in [6.45, 7) is 2.02. The second-order valence-corrected chi connectivity index (χ2v) is 8.61. The highest BCUT2D eigenvalue weighted by Gasteiger charge is 2.31. The van der Waals surface area contributed by atoms with E-state index in [0.717, 1.165) is 34.8 Å².